The molecule has 36 heavy (non-hydrogen) atoms. The second kappa shape index (κ2) is 9.29. The summed E-state index contributed by atoms with van der Waals surface area (Å²) in [5.41, 5.74) is -1.26. The lowest BCUT2D eigenvalue weighted by Gasteiger charge is -2.26. The molecule has 186 valence electrons. The van der Waals surface area contributed by atoms with Crippen LogP contribution in [0.2, 0.25) is 0 Å². The number of ketones is 1. The molecule has 0 bridgehead atoms. The Morgan fingerprint density at radius 2 is 1.64 bits per heavy atom. The average molecular weight is 499 g/mol. The number of rotatable bonds is 5. The number of carbonyl (C=O) groups is 2. The van der Waals surface area contributed by atoms with Gasteiger partial charge in [-0.05, 0) is 54.1 Å². The molecule has 0 aliphatic carbocycles. The highest BCUT2D eigenvalue weighted by molar-refractivity contribution is 6.51. The summed E-state index contributed by atoms with van der Waals surface area (Å²) < 4.78 is 50.7. The maximum Gasteiger partial charge on any atom is 0.416 e. The largest absolute Gasteiger partial charge is 0.508 e. The molecule has 4 rings (SSSR count). The number of benzene rings is 3. The molecule has 1 saturated heterocycles. The molecule has 0 saturated carbocycles. The Hall–Kier alpha value is -4.47. The van der Waals surface area contributed by atoms with Gasteiger partial charge in [0.2, 0.25) is 0 Å². The molecule has 2 N–H and O–H groups in total. The van der Waals surface area contributed by atoms with Crippen LogP contribution in [-0.2, 0) is 15.8 Å². The Morgan fingerprint density at radius 1 is 0.944 bits per heavy atom. The van der Waals surface area contributed by atoms with Crippen molar-refractivity contribution in [3.63, 3.8) is 0 Å². The lowest BCUT2D eigenvalue weighted by atomic mass is 9.94. The van der Waals surface area contributed by atoms with Gasteiger partial charge in [0, 0.05) is 5.69 Å². The van der Waals surface area contributed by atoms with Crippen molar-refractivity contribution in [3.05, 3.63) is 89.0 Å². The molecule has 3 aromatic rings. The Labute approximate surface area is 203 Å². The quantitative estimate of drug-likeness (QED) is 0.290. The summed E-state index contributed by atoms with van der Waals surface area (Å²) in [6.07, 6.45) is -4.69. The van der Waals surface area contributed by atoms with Crippen LogP contribution in [0.5, 0.6) is 17.2 Å². The highest BCUT2D eigenvalue weighted by Gasteiger charge is 2.47. The third-order valence-corrected chi connectivity index (χ3v) is 5.77. The van der Waals surface area contributed by atoms with E-state index in [1.165, 1.54) is 56.7 Å². The minimum absolute atomic E-state index is 0.0441. The molecule has 7 nitrogen and oxygen atoms in total. The van der Waals surface area contributed by atoms with Crippen molar-refractivity contribution in [2.24, 2.45) is 0 Å². The molecular formula is C26H20F3NO6. The number of nitrogens with zero attached hydrogens (tertiary/aromatic N) is 1. The second-order valence-corrected chi connectivity index (χ2v) is 7.87. The van der Waals surface area contributed by atoms with Crippen LogP contribution >= 0.6 is 0 Å². The first-order valence-corrected chi connectivity index (χ1v) is 10.6. The van der Waals surface area contributed by atoms with Gasteiger partial charge in [0.1, 0.15) is 23.0 Å². The van der Waals surface area contributed by atoms with Crippen molar-refractivity contribution in [3.8, 4) is 17.2 Å². The molecule has 1 amide bonds. The molecule has 1 atom stereocenters. The number of phenolic OH excluding ortho intramolecular Hbond substituents is 1. The smallest absolute Gasteiger partial charge is 0.416 e. The molecule has 1 aliphatic heterocycles. The summed E-state index contributed by atoms with van der Waals surface area (Å²) in [6, 6.07) is 12.6. The second-order valence-electron chi connectivity index (χ2n) is 7.87. The van der Waals surface area contributed by atoms with Gasteiger partial charge in [-0.2, -0.15) is 13.2 Å². The number of hydrogen-bond acceptors (Lipinski definition) is 6. The summed E-state index contributed by atoms with van der Waals surface area (Å²) in [6.45, 7) is 0. The maximum atomic E-state index is 13.4. The monoisotopic (exact) mass is 499 g/mol. The van der Waals surface area contributed by atoms with Crippen molar-refractivity contribution in [2.45, 2.75) is 12.2 Å². The Bertz CT molecular complexity index is 1360. The van der Waals surface area contributed by atoms with Gasteiger partial charge in [0.25, 0.3) is 11.7 Å². The van der Waals surface area contributed by atoms with Crippen LogP contribution in [0.1, 0.15) is 22.7 Å². The Balaban J connectivity index is 1.98. The molecule has 1 fully saturated rings. The normalized spacial score (nSPS) is 17.4. The summed E-state index contributed by atoms with van der Waals surface area (Å²) in [4.78, 5) is 27.3. The van der Waals surface area contributed by atoms with Crippen molar-refractivity contribution < 1.29 is 42.4 Å². The van der Waals surface area contributed by atoms with E-state index < -0.39 is 35.2 Å². The summed E-state index contributed by atoms with van der Waals surface area (Å²) in [7, 11) is 2.74. The van der Waals surface area contributed by atoms with Gasteiger partial charge in [-0.15, -0.1) is 0 Å². The summed E-state index contributed by atoms with van der Waals surface area (Å²) in [5, 5.41) is 21.0. The number of halogens is 3. The van der Waals surface area contributed by atoms with E-state index in [1.54, 1.807) is 6.07 Å². The van der Waals surface area contributed by atoms with Crippen molar-refractivity contribution in [1.29, 1.82) is 0 Å². The first-order valence-electron chi connectivity index (χ1n) is 10.6. The number of phenols is 1. The van der Waals surface area contributed by atoms with Crippen LogP contribution in [0.25, 0.3) is 5.76 Å². The van der Waals surface area contributed by atoms with Gasteiger partial charge in [-0.3, -0.25) is 14.5 Å². The molecule has 3 aromatic carbocycles. The van der Waals surface area contributed by atoms with E-state index in [0.29, 0.717) is 5.75 Å². The number of hydrogen-bond donors (Lipinski definition) is 2. The first-order chi connectivity index (χ1) is 17.1. The highest BCUT2D eigenvalue weighted by Crippen LogP contribution is 2.45. The highest BCUT2D eigenvalue weighted by atomic mass is 19.4. The van der Waals surface area contributed by atoms with Crippen LogP contribution in [0.15, 0.2) is 72.3 Å². The van der Waals surface area contributed by atoms with Crippen LogP contribution in [0, 0.1) is 0 Å². The van der Waals surface area contributed by atoms with Gasteiger partial charge < -0.3 is 19.7 Å². The molecule has 1 unspecified atom stereocenters. The third kappa shape index (κ3) is 4.33. The number of aliphatic hydroxyl groups is 1. The van der Waals surface area contributed by atoms with E-state index in [2.05, 4.69) is 0 Å². The van der Waals surface area contributed by atoms with Crippen LogP contribution < -0.4 is 14.4 Å². The van der Waals surface area contributed by atoms with Gasteiger partial charge in [-0.25, -0.2) is 0 Å². The van der Waals surface area contributed by atoms with E-state index in [4.69, 9.17) is 9.47 Å². The van der Waals surface area contributed by atoms with Crippen molar-refractivity contribution in [1.82, 2.24) is 0 Å². The topological polar surface area (TPSA) is 96.3 Å². The van der Waals surface area contributed by atoms with Gasteiger partial charge >= 0.3 is 6.18 Å². The molecule has 0 aromatic heterocycles. The average Bonchev–Trinajstić information content (AvgIpc) is 3.13. The van der Waals surface area contributed by atoms with E-state index in [9.17, 15) is 33.0 Å². The van der Waals surface area contributed by atoms with Crippen LogP contribution in [-0.4, -0.2) is 36.1 Å². The minimum Gasteiger partial charge on any atom is -0.508 e. The number of aromatic hydroxyl groups is 1. The van der Waals surface area contributed by atoms with Gasteiger partial charge in [0.05, 0.1) is 37.0 Å². The Morgan fingerprint density at radius 3 is 2.25 bits per heavy atom. The van der Waals surface area contributed by atoms with E-state index in [0.717, 1.165) is 23.1 Å². The zero-order valence-corrected chi connectivity index (χ0v) is 19.0. The predicted molar refractivity (Wildman–Crippen MR) is 124 cm³/mol. The molecule has 0 radical (unpaired) electrons. The van der Waals surface area contributed by atoms with E-state index >= 15 is 0 Å². The molecule has 1 heterocycles. The fraction of sp³-hybridized carbons (Fsp3) is 0.154. The number of alkyl halides is 3. The zero-order chi connectivity index (χ0) is 26.2. The maximum absolute atomic E-state index is 13.4. The number of Topliss-reactive ketones (excluding diaryl/α,β-unsaturated/α-hetero) is 1. The lowest BCUT2D eigenvalue weighted by molar-refractivity contribution is -0.137. The van der Waals surface area contributed by atoms with E-state index in [1.807, 2.05) is 0 Å². The Kier molecular flexibility index (Phi) is 6.36. The van der Waals surface area contributed by atoms with Crippen molar-refractivity contribution in [2.75, 3.05) is 19.1 Å². The van der Waals surface area contributed by atoms with Crippen molar-refractivity contribution >= 4 is 23.1 Å². The number of amides is 1. The predicted octanol–water partition coefficient (Wildman–Crippen LogP) is 5.05. The van der Waals surface area contributed by atoms with E-state index in [-0.39, 0.29) is 33.9 Å². The minimum atomic E-state index is -4.69. The molecule has 10 heteroatoms. The number of ether oxygens (including phenoxy) is 2. The number of aliphatic hydroxyl groups excluding tert-OH is 1. The molecular weight excluding hydrogens is 479 g/mol. The third-order valence-electron chi connectivity index (χ3n) is 5.77. The standard InChI is InChI=1S/C26H20F3NO6/c1-35-18-10-11-20(36-2)19(13-18)23(32)21-22(14-6-8-17(31)9-7-14)30(25(34)24(21)33)16-5-3-4-15(12-16)26(27,28)29/h3-13,22,31-32H,1-2H3/b23-21+. The molecule has 1 aliphatic rings. The zero-order valence-electron chi connectivity index (χ0n) is 19.0. The summed E-state index contributed by atoms with van der Waals surface area (Å²) in [5.74, 6) is -2.45. The lowest BCUT2D eigenvalue weighted by Crippen LogP contribution is -2.29. The van der Waals surface area contributed by atoms with Crippen LogP contribution in [0.4, 0.5) is 18.9 Å². The number of methoxy groups -OCH3 is 2. The van der Waals surface area contributed by atoms with Gasteiger partial charge in [0.15, 0.2) is 0 Å². The van der Waals surface area contributed by atoms with Crippen LogP contribution in [0.3, 0.4) is 0 Å². The summed E-state index contributed by atoms with van der Waals surface area (Å²) >= 11 is 0. The number of anilines is 1. The molecule has 0 spiro atoms. The fourth-order valence-corrected chi connectivity index (χ4v) is 4.05. The fourth-order valence-electron chi connectivity index (χ4n) is 4.05. The first kappa shape index (κ1) is 24.6. The number of carbonyl (C=O) groups excluding carboxylic acids is 2. The SMILES string of the molecule is COc1ccc(OC)c(/C(O)=C2\C(=O)C(=O)N(c3cccc(C(F)(F)F)c3)C2c2ccc(O)cc2)c1. The van der Waals surface area contributed by atoms with Gasteiger partial charge in [-0.1, -0.05) is 18.2 Å².